The van der Waals surface area contributed by atoms with Crippen LogP contribution in [-0.4, -0.2) is 258 Å². The lowest BCUT2D eigenvalue weighted by Crippen LogP contribution is -2.71. The zero-order valence-corrected chi connectivity index (χ0v) is 41.6. The summed E-state index contributed by atoms with van der Waals surface area (Å²) in [6, 6.07) is -0.0324. The number of phenolic OH excluding ortho intramolecular Hbond substituents is 2. The topological polar surface area (TPSA) is 468 Å². The van der Waals surface area contributed by atoms with E-state index >= 15 is 0 Å². The number of carbonyl (C=O) groups excluding carboxylic acids is 3. The summed E-state index contributed by atoms with van der Waals surface area (Å²) in [5, 5.41) is 154. The average Bonchev–Trinajstić information content (AvgIpc) is 3.39. The van der Waals surface area contributed by atoms with Crippen LogP contribution in [0.3, 0.4) is 0 Å². The first-order valence-electron chi connectivity index (χ1n) is 24.6. The Morgan fingerprint density at radius 3 is 1.99 bits per heavy atom. The number of alkyl carbamates (subject to hydrolysis) is 1. The molecule has 2 amide bonds. The largest absolute Gasteiger partial charge is 0.508 e. The minimum absolute atomic E-state index is 0.0955. The van der Waals surface area contributed by atoms with E-state index in [0.29, 0.717) is 25.7 Å². The van der Waals surface area contributed by atoms with Gasteiger partial charge in [0.25, 0.3) is 5.79 Å². The molecule has 0 aromatic heterocycles. The third-order valence-electron chi connectivity index (χ3n) is 13.1. The van der Waals surface area contributed by atoms with Crippen molar-refractivity contribution in [2.75, 3.05) is 40.1 Å². The second-order valence-electron chi connectivity index (χ2n) is 18.8. The Morgan fingerprint density at radius 2 is 1.37 bits per heavy atom. The predicted octanol–water partition coefficient (Wildman–Crippen LogP) is -5.49. The lowest BCUT2D eigenvalue weighted by molar-refractivity contribution is -0.388. The number of hydrogen-bond donors (Lipinski definition) is 16. The number of methoxy groups -OCH3 is 1. The van der Waals surface area contributed by atoms with Gasteiger partial charge in [-0.1, -0.05) is 25.7 Å². The second kappa shape index (κ2) is 29.1. The van der Waals surface area contributed by atoms with Crippen molar-refractivity contribution in [3.8, 4) is 11.5 Å². The van der Waals surface area contributed by atoms with Crippen LogP contribution in [0, 0.1) is 0 Å². The SMILES string of the molecule is COC(=O)CCCCCCCCO[C@@H]1OC(CO)[C@@H](OC2OC[C@@H](O)C(O)C2O)C(OC2OC(CO)[C@H](O)C(O[C@]3(C(=O)O)CC(O)[C@@H](NC(C)=O)C(C(O)C(O)CO)O3)C2O)C1NC(=O)OCc1cc(O)cc(O)c1. The number of unbranched alkanes of at least 4 members (excludes halogenated alkanes) is 5. The predicted molar refractivity (Wildman–Crippen MR) is 246 cm³/mol. The summed E-state index contributed by atoms with van der Waals surface area (Å²) in [5.74, 6) is -7.16. The van der Waals surface area contributed by atoms with Crippen molar-refractivity contribution in [3.05, 3.63) is 23.8 Å². The Balaban J connectivity index is 1.51. The van der Waals surface area contributed by atoms with Crippen molar-refractivity contribution in [1.82, 2.24) is 10.6 Å². The number of ether oxygens (including phenoxy) is 10. The van der Waals surface area contributed by atoms with Crippen molar-refractivity contribution in [3.63, 3.8) is 0 Å². The van der Waals surface area contributed by atoms with Gasteiger partial charge in [0, 0.05) is 32.4 Å². The molecule has 76 heavy (non-hydrogen) atoms. The normalized spacial score (nSPS) is 35.6. The van der Waals surface area contributed by atoms with E-state index in [1.54, 1.807) is 0 Å². The average molecular weight is 1100 g/mol. The zero-order valence-electron chi connectivity index (χ0n) is 41.6. The van der Waals surface area contributed by atoms with Gasteiger partial charge in [0.1, 0.15) is 103 Å². The van der Waals surface area contributed by atoms with E-state index in [2.05, 4.69) is 15.4 Å². The minimum atomic E-state index is -3.20. The van der Waals surface area contributed by atoms with E-state index in [9.17, 15) is 90.7 Å². The highest BCUT2D eigenvalue weighted by atomic mass is 16.8. The molecule has 0 bridgehead atoms. The van der Waals surface area contributed by atoms with Crippen LogP contribution in [0.2, 0.25) is 0 Å². The number of nitrogens with one attached hydrogen (secondary N) is 2. The Morgan fingerprint density at radius 1 is 0.737 bits per heavy atom. The number of benzene rings is 1. The standard InChI is InChI=1S/C46H72N2O28/c1-20(52)47-30-24(55)14-46(44(64)65,75-38(30)33(60)25(56)15-49)76-40-34(61)27(16-50)71-43(36(40)63)74-39-31(48-45(66)70-18-21-11-22(53)13-23(54)12-21)41(68-10-8-6-4-3-5-7-9-29(58)67-2)72-28(17-51)37(39)73-42-35(62)32(59)26(57)19-69-42/h11-13,24-28,30-43,49-51,53-57,59-63H,3-10,14-19H2,1-2H3,(H,47,52)(H,48,66)(H,64,65)/t24?,25?,26-,27?,28?,30-,31?,32?,33?,34+,35?,36?,37-,38?,39?,40?,41-,42?,43?,46+/m1/s1. The number of esters is 1. The molecule has 4 fully saturated rings. The van der Waals surface area contributed by atoms with E-state index in [1.807, 2.05) is 0 Å². The van der Waals surface area contributed by atoms with E-state index in [1.165, 1.54) is 19.2 Å². The molecule has 4 heterocycles. The van der Waals surface area contributed by atoms with Crippen LogP contribution in [0.1, 0.15) is 63.9 Å². The van der Waals surface area contributed by atoms with Gasteiger partial charge in [0.15, 0.2) is 18.9 Å². The number of aliphatic carboxylic acids is 1. The van der Waals surface area contributed by atoms with Crippen LogP contribution < -0.4 is 10.6 Å². The van der Waals surface area contributed by atoms with Gasteiger partial charge in [0.2, 0.25) is 5.91 Å². The van der Waals surface area contributed by atoms with Crippen molar-refractivity contribution < 1.29 is 138 Å². The van der Waals surface area contributed by atoms with Crippen molar-refractivity contribution in [2.24, 2.45) is 0 Å². The summed E-state index contributed by atoms with van der Waals surface area (Å²) in [5.41, 5.74) is 0.104. The van der Waals surface area contributed by atoms with E-state index in [0.717, 1.165) is 25.8 Å². The molecule has 30 nitrogen and oxygen atoms in total. The van der Waals surface area contributed by atoms with Crippen LogP contribution in [0.15, 0.2) is 18.2 Å². The number of aliphatic hydroxyl groups excluding tert-OH is 11. The summed E-state index contributed by atoms with van der Waals surface area (Å²) in [6.07, 6.45) is -32.1. The number of carbonyl (C=O) groups is 4. The molecule has 4 saturated heterocycles. The van der Waals surface area contributed by atoms with Gasteiger partial charge >= 0.3 is 18.0 Å². The Labute approximate surface area is 434 Å². The maximum atomic E-state index is 13.8. The number of aliphatic hydroxyl groups is 11. The maximum absolute atomic E-state index is 13.8. The number of carboxylic acid groups (broad SMARTS) is 1. The Kier molecular flexibility index (Phi) is 24.0. The monoisotopic (exact) mass is 1100 g/mol. The van der Waals surface area contributed by atoms with Crippen LogP contribution in [-0.2, 0) is 68.4 Å². The summed E-state index contributed by atoms with van der Waals surface area (Å²) in [6.45, 7) is -3.47. The van der Waals surface area contributed by atoms with Crippen LogP contribution in [0.4, 0.5) is 4.79 Å². The number of phenols is 2. The molecular formula is C46H72N2O28. The second-order valence-corrected chi connectivity index (χ2v) is 18.8. The first kappa shape index (κ1) is 62.6. The first-order valence-corrected chi connectivity index (χ1v) is 24.6. The van der Waals surface area contributed by atoms with Gasteiger partial charge in [0.05, 0.1) is 45.7 Å². The van der Waals surface area contributed by atoms with Crippen molar-refractivity contribution in [2.45, 2.75) is 187 Å². The van der Waals surface area contributed by atoms with Gasteiger partial charge in [-0.25, -0.2) is 9.59 Å². The molecule has 1 aromatic carbocycles. The summed E-state index contributed by atoms with van der Waals surface area (Å²) in [4.78, 5) is 50.6. The number of rotatable bonds is 26. The van der Waals surface area contributed by atoms with Crippen molar-refractivity contribution >= 4 is 23.9 Å². The molecular weight excluding hydrogens is 1030 g/mol. The summed E-state index contributed by atoms with van der Waals surface area (Å²) in [7, 11) is 1.30. The molecule has 4 aliphatic heterocycles. The highest BCUT2D eigenvalue weighted by Gasteiger charge is 2.61. The molecule has 20 atom stereocenters. The highest BCUT2D eigenvalue weighted by molar-refractivity contribution is 5.76. The highest BCUT2D eigenvalue weighted by Crippen LogP contribution is 2.39. The van der Waals surface area contributed by atoms with E-state index in [-0.39, 0.29) is 36.1 Å². The molecule has 14 unspecified atom stereocenters. The number of amides is 2. The third kappa shape index (κ3) is 16.2. The third-order valence-corrected chi connectivity index (χ3v) is 13.1. The lowest BCUT2D eigenvalue weighted by atomic mass is 9.88. The fraction of sp³-hybridized carbons (Fsp3) is 0.783. The maximum Gasteiger partial charge on any atom is 0.407 e. The van der Waals surface area contributed by atoms with Crippen LogP contribution >= 0.6 is 0 Å². The fourth-order valence-corrected chi connectivity index (χ4v) is 9.10. The molecule has 4 aliphatic rings. The Hall–Kier alpha value is -4.26. The quantitative estimate of drug-likeness (QED) is 0.0304. The smallest absolute Gasteiger partial charge is 0.407 e. The van der Waals surface area contributed by atoms with E-state index < -0.39 is 180 Å². The van der Waals surface area contributed by atoms with E-state index in [4.69, 9.17) is 42.6 Å². The molecule has 5 rings (SSSR count). The van der Waals surface area contributed by atoms with Gasteiger partial charge in [-0.15, -0.1) is 0 Å². The molecule has 1 aromatic rings. The Bertz CT molecular complexity index is 1990. The first-order chi connectivity index (χ1) is 36.1. The van der Waals surface area contributed by atoms with Crippen LogP contribution in [0.25, 0.3) is 0 Å². The molecule has 0 aliphatic carbocycles. The zero-order chi connectivity index (χ0) is 56.0. The fourth-order valence-electron chi connectivity index (χ4n) is 9.10. The summed E-state index contributed by atoms with van der Waals surface area (Å²) >= 11 is 0. The molecule has 0 saturated carbocycles. The lowest BCUT2D eigenvalue weighted by Gasteiger charge is -2.51. The number of aromatic hydroxyl groups is 2. The molecule has 16 N–H and O–H groups in total. The molecule has 0 radical (unpaired) electrons. The van der Waals surface area contributed by atoms with Crippen molar-refractivity contribution in [1.29, 1.82) is 0 Å². The van der Waals surface area contributed by atoms with Gasteiger partial charge in [-0.05, 0) is 30.5 Å². The van der Waals surface area contributed by atoms with Gasteiger partial charge in [-0.2, -0.15) is 0 Å². The number of carboxylic acids is 1. The minimum Gasteiger partial charge on any atom is -0.508 e. The molecule has 30 heteroatoms. The molecule has 434 valence electrons. The molecule has 0 spiro atoms. The van der Waals surface area contributed by atoms with Gasteiger partial charge in [-0.3, -0.25) is 9.59 Å². The van der Waals surface area contributed by atoms with Gasteiger partial charge < -0.3 is 129 Å². The van der Waals surface area contributed by atoms with Crippen LogP contribution in [0.5, 0.6) is 11.5 Å². The number of hydrogen-bond acceptors (Lipinski definition) is 27. The summed E-state index contributed by atoms with van der Waals surface area (Å²) < 4.78 is 57.6.